The fourth-order valence-corrected chi connectivity index (χ4v) is 2.38. The molecule has 0 radical (unpaired) electrons. The van der Waals surface area contributed by atoms with E-state index >= 15 is 0 Å². The van der Waals surface area contributed by atoms with Crippen molar-refractivity contribution in [3.63, 3.8) is 0 Å². The molecule has 2 aliphatic heterocycles. The standard InChI is InChI=1S/C11H23N3/c1-3-10(2)14-8-11(9-14)13-6-4-12-5-7-13/h10-12H,3-9H2,1-2H3. The lowest BCUT2D eigenvalue weighted by Gasteiger charge is -2.49. The lowest BCUT2D eigenvalue weighted by Crippen LogP contribution is -2.64. The van der Waals surface area contributed by atoms with Crippen LogP contribution in [-0.2, 0) is 0 Å². The fourth-order valence-electron chi connectivity index (χ4n) is 2.38. The van der Waals surface area contributed by atoms with E-state index in [1.807, 2.05) is 0 Å². The third kappa shape index (κ3) is 2.10. The van der Waals surface area contributed by atoms with Crippen LogP contribution in [0.1, 0.15) is 20.3 Å². The molecule has 1 N–H and O–H groups in total. The highest BCUT2D eigenvalue weighted by molar-refractivity contribution is 4.91. The molecule has 0 aromatic rings. The molecule has 2 heterocycles. The maximum atomic E-state index is 3.41. The van der Waals surface area contributed by atoms with E-state index in [1.165, 1.54) is 45.7 Å². The summed E-state index contributed by atoms with van der Waals surface area (Å²) in [6, 6.07) is 1.64. The van der Waals surface area contributed by atoms with E-state index < -0.39 is 0 Å². The van der Waals surface area contributed by atoms with Gasteiger partial charge in [0.25, 0.3) is 0 Å². The van der Waals surface area contributed by atoms with Gasteiger partial charge >= 0.3 is 0 Å². The van der Waals surface area contributed by atoms with Crippen molar-refractivity contribution in [1.82, 2.24) is 15.1 Å². The minimum atomic E-state index is 0.786. The molecule has 3 heteroatoms. The minimum Gasteiger partial charge on any atom is -0.314 e. The predicted octanol–water partition coefficient (Wildman–Crippen LogP) is 0.374. The Morgan fingerprint density at radius 3 is 2.50 bits per heavy atom. The maximum Gasteiger partial charge on any atom is 0.0351 e. The molecule has 2 aliphatic rings. The molecule has 3 nitrogen and oxygen atoms in total. The third-order valence-electron chi connectivity index (χ3n) is 3.77. The van der Waals surface area contributed by atoms with Crippen LogP contribution in [0.15, 0.2) is 0 Å². The summed E-state index contributed by atoms with van der Waals surface area (Å²) in [6.07, 6.45) is 1.29. The quantitative estimate of drug-likeness (QED) is 0.705. The summed E-state index contributed by atoms with van der Waals surface area (Å²) in [5.74, 6) is 0. The summed E-state index contributed by atoms with van der Waals surface area (Å²) in [7, 11) is 0. The second kappa shape index (κ2) is 4.60. The Hall–Kier alpha value is -0.120. The van der Waals surface area contributed by atoms with Gasteiger partial charge in [-0.3, -0.25) is 9.80 Å². The van der Waals surface area contributed by atoms with E-state index in [1.54, 1.807) is 0 Å². The van der Waals surface area contributed by atoms with Crippen LogP contribution in [0.4, 0.5) is 0 Å². The Kier molecular flexibility index (Phi) is 3.42. The Bertz CT molecular complexity index is 171. The van der Waals surface area contributed by atoms with Crippen molar-refractivity contribution >= 4 is 0 Å². The van der Waals surface area contributed by atoms with Crippen LogP contribution in [0, 0.1) is 0 Å². The zero-order valence-electron chi connectivity index (χ0n) is 9.50. The van der Waals surface area contributed by atoms with E-state index in [4.69, 9.17) is 0 Å². The topological polar surface area (TPSA) is 18.5 Å². The van der Waals surface area contributed by atoms with Crippen molar-refractivity contribution in [2.24, 2.45) is 0 Å². The highest BCUT2D eigenvalue weighted by Crippen LogP contribution is 2.19. The van der Waals surface area contributed by atoms with Gasteiger partial charge in [-0.1, -0.05) is 6.92 Å². The summed E-state index contributed by atoms with van der Waals surface area (Å²) < 4.78 is 0. The Morgan fingerprint density at radius 2 is 1.93 bits per heavy atom. The first kappa shape index (κ1) is 10.4. The summed E-state index contributed by atoms with van der Waals surface area (Å²) in [6.45, 7) is 12.1. The Labute approximate surface area is 87.4 Å². The van der Waals surface area contributed by atoms with Crippen LogP contribution in [0.5, 0.6) is 0 Å². The van der Waals surface area contributed by atoms with Crippen LogP contribution in [0.3, 0.4) is 0 Å². The van der Waals surface area contributed by atoms with Crippen molar-refractivity contribution in [3.8, 4) is 0 Å². The van der Waals surface area contributed by atoms with E-state index in [0.29, 0.717) is 0 Å². The van der Waals surface area contributed by atoms with Gasteiger partial charge in [0.2, 0.25) is 0 Å². The van der Waals surface area contributed by atoms with Crippen LogP contribution in [0.2, 0.25) is 0 Å². The Morgan fingerprint density at radius 1 is 1.29 bits per heavy atom. The molecule has 2 saturated heterocycles. The highest BCUT2D eigenvalue weighted by atomic mass is 15.3. The molecule has 0 aromatic carbocycles. The van der Waals surface area contributed by atoms with E-state index in [-0.39, 0.29) is 0 Å². The van der Waals surface area contributed by atoms with Crippen LogP contribution < -0.4 is 5.32 Å². The first-order chi connectivity index (χ1) is 6.81. The van der Waals surface area contributed by atoms with Gasteiger partial charge in [0.15, 0.2) is 0 Å². The van der Waals surface area contributed by atoms with Gasteiger partial charge in [-0.25, -0.2) is 0 Å². The molecule has 2 fully saturated rings. The fraction of sp³-hybridized carbons (Fsp3) is 1.00. The molecule has 82 valence electrons. The molecule has 1 atom stereocenters. The molecule has 0 saturated carbocycles. The molecule has 14 heavy (non-hydrogen) atoms. The second-order valence-electron chi connectivity index (χ2n) is 4.65. The van der Waals surface area contributed by atoms with Gasteiger partial charge in [-0.2, -0.15) is 0 Å². The van der Waals surface area contributed by atoms with Gasteiger partial charge in [0.05, 0.1) is 0 Å². The SMILES string of the molecule is CCC(C)N1CC(N2CCNCC2)C1. The van der Waals surface area contributed by atoms with Gasteiger partial charge < -0.3 is 5.32 Å². The van der Waals surface area contributed by atoms with Crippen molar-refractivity contribution < 1.29 is 0 Å². The maximum absolute atomic E-state index is 3.41. The summed E-state index contributed by atoms with van der Waals surface area (Å²) >= 11 is 0. The Balaban J connectivity index is 1.71. The lowest BCUT2D eigenvalue weighted by atomic mass is 10.0. The van der Waals surface area contributed by atoms with E-state index in [2.05, 4.69) is 29.0 Å². The number of likely N-dealkylation sites (tertiary alicyclic amines) is 1. The molecule has 1 unspecified atom stereocenters. The van der Waals surface area contributed by atoms with Gasteiger partial charge in [0.1, 0.15) is 0 Å². The molecule has 0 bridgehead atoms. The smallest absolute Gasteiger partial charge is 0.0351 e. The van der Waals surface area contributed by atoms with Crippen molar-refractivity contribution in [1.29, 1.82) is 0 Å². The minimum absolute atomic E-state index is 0.786. The predicted molar refractivity (Wildman–Crippen MR) is 59.6 cm³/mol. The van der Waals surface area contributed by atoms with Gasteiger partial charge in [0, 0.05) is 51.4 Å². The average molecular weight is 197 g/mol. The van der Waals surface area contributed by atoms with Gasteiger partial charge in [-0.05, 0) is 13.3 Å². The molecular formula is C11H23N3. The lowest BCUT2D eigenvalue weighted by molar-refractivity contribution is 0.00331. The average Bonchev–Trinajstić information content (AvgIpc) is 2.17. The van der Waals surface area contributed by atoms with Crippen molar-refractivity contribution in [2.45, 2.75) is 32.4 Å². The molecule has 0 spiro atoms. The van der Waals surface area contributed by atoms with Crippen LogP contribution in [0.25, 0.3) is 0 Å². The number of piperazine rings is 1. The normalized spacial score (nSPS) is 28.7. The molecule has 0 amide bonds. The van der Waals surface area contributed by atoms with Gasteiger partial charge in [-0.15, -0.1) is 0 Å². The number of rotatable bonds is 3. The number of hydrogen-bond acceptors (Lipinski definition) is 3. The number of nitrogens with zero attached hydrogens (tertiary/aromatic N) is 2. The number of hydrogen-bond donors (Lipinski definition) is 1. The number of nitrogens with one attached hydrogen (secondary N) is 1. The van der Waals surface area contributed by atoms with Crippen molar-refractivity contribution in [2.75, 3.05) is 39.3 Å². The summed E-state index contributed by atoms with van der Waals surface area (Å²) in [4.78, 5) is 5.25. The van der Waals surface area contributed by atoms with Crippen LogP contribution >= 0.6 is 0 Å². The molecule has 0 aromatic heterocycles. The zero-order valence-corrected chi connectivity index (χ0v) is 9.50. The third-order valence-corrected chi connectivity index (χ3v) is 3.77. The second-order valence-corrected chi connectivity index (χ2v) is 4.65. The summed E-state index contributed by atoms with van der Waals surface area (Å²) in [5.41, 5.74) is 0. The largest absolute Gasteiger partial charge is 0.314 e. The molecule has 2 rings (SSSR count). The zero-order chi connectivity index (χ0) is 9.97. The van der Waals surface area contributed by atoms with Crippen molar-refractivity contribution in [3.05, 3.63) is 0 Å². The highest BCUT2D eigenvalue weighted by Gasteiger charge is 2.33. The molecule has 0 aliphatic carbocycles. The molecular weight excluding hydrogens is 174 g/mol. The van der Waals surface area contributed by atoms with Crippen LogP contribution in [-0.4, -0.2) is 61.2 Å². The van der Waals surface area contributed by atoms with E-state index in [9.17, 15) is 0 Å². The first-order valence-electron chi connectivity index (χ1n) is 6.00. The van der Waals surface area contributed by atoms with E-state index in [0.717, 1.165) is 12.1 Å². The first-order valence-corrected chi connectivity index (χ1v) is 6.00. The monoisotopic (exact) mass is 197 g/mol. The summed E-state index contributed by atoms with van der Waals surface area (Å²) in [5, 5.41) is 3.41.